The third-order valence-electron chi connectivity index (χ3n) is 5.30. The van der Waals surface area contributed by atoms with Gasteiger partial charge >= 0.3 is 0 Å². The van der Waals surface area contributed by atoms with Gasteiger partial charge in [-0.05, 0) is 67.3 Å². The summed E-state index contributed by atoms with van der Waals surface area (Å²) in [6.07, 6.45) is 0.203. The first kappa shape index (κ1) is 24.8. The zero-order valence-corrected chi connectivity index (χ0v) is 20.3. The lowest BCUT2D eigenvalue weighted by atomic mass is 10.0. The molecule has 0 unspecified atom stereocenters. The summed E-state index contributed by atoms with van der Waals surface area (Å²) in [5, 5.41) is 3.51. The van der Waals surface area contributed by atoms with Crippen LogP contribution in [-0.2, 0) is 21.2 Å². The zero-order valence-electron chi connectivity index (χ0n) is 18.7. The number of amides is 1. The second-order valence-electron chi connectivity index (χ2n) is 7.78. The van der Waals surface area contributed by atoms with Crippen molar-refractivity contribution in [2.45, 2.75) is 37.2 Å². The number of ether oxygens (including phenoxy) is 1. The van der Waals surface area contributed by atoms with E-state index in [4.69, 9.17) is 16.3 Å². The van der Waals surface area contributed by atoms with Gasteiger partial charge < -0.3 is 10.1 Å². The van der Waals surface area contributed by atoms with E-state index in [0.717, 1.165) is 11.1 Å². The number of rotatable bonds is 9. The molecule has 33 heavy (non-hydrogen) atoms. The lowest BCUT2D eigenvalue weighted by molar-refractivity contribution is -0.123. The second kappa shape index (κ2) is 10.8. The molecule has 0 spiro atoms. The standard InChI is InChI=1S/C25H27ClN2O4S/c1-17-15-22(13-14-24(17)32-3)33(30,31)28-23(16-19-7-5-4-6-8-19)25(29)27-18(2)20-9-11-21(26)12-10-20/h4-15,18,23,28H,16H2,1-3H3,(H,27,29)/t18-,23-/m1/s1. The van der Waals surface area contributed by atoms with Crippen LogP contribution in [0.5, 0.6) is 5.75 Å². The monoisotopic (exact) mass is 486 g/mol. The number of halogens is 1. The fraction of sp³-hybridized carbons (Fsp3) is 0.240. The highest BCUT2D eigenvalue weighted by Crippen LogP contribution is 2.22. The lowest BCUT2D eigenvalue weighted by Crippen LogP contribution is -2.48. The van der Waals surface area contributed by atoms with Crippen LogP contribution in [0, 0.1) is 6.92 Å². The van der Waals surface area contributed by atoms with Crippen LogP contribution in [0.2, 0.25) is 5.02 Å². The van der Waals surface area contributed by atoms with Gasteiger partial charge in [-0.1, -0.05) is 54.1 Å². The molecule has 3 rings (SSSR count). The van der Waals surface area contributed by atoms with E-state index in [1.165, 1.54) is 19.2 Å². The van der Waals surface area contributed by atoms with Gasteiger partial charge in [0.15, 0.2) is 0 Å². The van der Waals surface area contributed by atoms with Gasteiger partial charge in [-0.2, -0.15) is 4.72 Å². The predicted molar refractivity (Wildman–Crippen MR) is 130 cm³/mol. The number of benzene rings is 3. The van der Waals surface area contributed by atoms with Gasteiger partial charge in [-0.3, -0.25) is 4.79 Å². The van der Waals surface area contributed by atoms with Crippen LogP contribution in [0.4, 0.5) is 0 Å². The highest BCUT2D eigenvalue weighted by atomic mass is 35.5. The Labute approximate surface area is 200 Å². The number of methoxy groups -OCH3 is 1. The number of carbonyl (C=O) groups is 1. The summed E-state index contributed by atoms with van der Waals surface area (Å²) in [6, 6.07) is 19.7. The lowest BCUT2D eigenvalue weighted by Gasteiger charge is -2.22. The van der Waals surface area contributed by atoms with E-state index in [-0.39, 0.29) is 17.4 Å². The van der Waals surface area contributed by atoms with Crippen LogP contribution in [0.25, 0.3) is 0 Å². The first-order chi connectivity index (χ1) is 15.7. The molecule has 8 heteroatoms. The predicted octanol–water partition coefficient (Wildman–Crippen LogP) is 4.42. The average molecular weight is 487 g/mol. The summed E-state index contributed by atoms with van der Waals surface area (Å²) in [4.78, 5) is 13.3. The van der Waals surface area contributed by atoms with Crippen molar-refractivity contribution in [3.8, 4) is 5.75 Å². The minimum atomic E-state index is -3.96. The molecule has 2 atom stereocenters. The number of hydrogen-bond donors (Lipinski definition) is 2. The molecule has 3 aromatic rings. The number of hydrogen-bond acceptors (Lipinski definition) is 4. The highest BCUT2D eigenvalue weighted by molar-refractivity contribution is 7.89. The summed E-state index contributed by atoms with van der Waals surface area (Å²) in [5.41, 5.74) is 2.38. The molecule has 0 radical (unpaired) electrons. The first-order valence-corrected chi connectivity index (χ1v) is 12.3. The molecule has 0 saturated carbocycles. The molecule has 3 aromatic carbocycles. The number of sulfonamides is 1. The molecule has 1 amide bonds. The second-order valence-corrected chi connectivity index (χ2v) is 9.93. The van der Waals surface area contributed by atoms with Gasteiger partial charge in [0, 0.05) is 5.02 Å². The Morgan fingerprint density at radius 1 is 1.03 bits per heavy atom. The molecule has 0 fully saturated rings. The maximum Gasteiger partial charge on any atom is 0.241 e. The molecule has 0 bridgehead atoms. The Bertz CT molecular complexity index is 1200. The fourth-order valence-corrected chi connectivity index (χ4v) is 4.87. The van der Waals surface area contributed by atoms with E-state index in [2.05, 4.69) is 10.0 Å². The Balaban J connectivity index is 1.84. The number of aryl methyl sites for hydroxylation is 1. The molecule has 0 aliphatic carbocycles. The topological polar surface area (TPSA) is 84.5 Å². The minimum absolute atomic E-state index is 0.0670. The van der Waals surface area contributed by atoms with Crippen LogP contribution in [-0.4, -0.2) is 27.5 Å². The van der Waals surface area contributed by atoms with Crippen molar-refractivity contribution in [3.63, 3.8) is 0 Å². The summed E-state index contributed by atoms with van der Waals surface area (Å²) < 4.78 is 34.1. The number of nitrogens with one attached hydrogen (secondary N) is 2. The van der Waals surface area contributed by atoms with Crippen molar-refractivity contribution in [2.75, 3.05) is 7.11 Å². The van der Waals surface area contributed by atoms with E-state index in [0.29, 0.717) is 16.3 Å². The van der Waals surface area contributed by atoms with Crippen molar-refractivity contribution < 1.29 is 17.9 Å². The maximum atomic E-state index is 13.2. The molecule has 0 heterocycles. The fourth-order valence-electron chi connectivity index (χ4n) is 3.46. The Morgan fingerprint density at radius 2 is 1.70 bits per heavy atom. The minimum Gasteiger partial charge on any atom is -0.496 e. The average Bonchev–Trinajstić information content (AvgIpc) is 2.79. The van der Waals surface area contributed by atoms with Gasteiger partial charge in [-0.25, -0.2) is 8.42 Å². The molecule has 174 valence electrons. The summed E-state index contributed by atoms with van der Waals surface area (Å²) in [6.45, 7) is 3.60. The summed E-state index contributed by atoms with van der Waals surface area (Å²) in [7, 11) is -2.44. The van der Waals surface area contributed by atoms with Crippen molar-refractivity contribution in [2.24, 2.45) is 0 Å². The molecular weight excluding hydrogens is 460 g/mol. The van der Waals surface area contributed by atoms with Gasteiger partial charge in [0.1, 0.15) is 11.8 Å². The van der Waals surface area contributed by atoms with Crippen molar-refractivity contribution >= 4 is 27.5 Å². The van der Waals surface area contributed by atoms with E-state index < -0.39 is 22.0 Å². The molecule has 0 saturated heterocycles. The molecule has 6 nitrogen and oxygen atoms in total. The van der Waals surface area contributed by atoms with Crippen LogP contribution in [0.3, 0.4) is 0 Å². The smallest absolute Gasteiger partial charge is 0.241 e. The van der Waals surface area contributed by atoms with Gasteiger partial charge in [0.05, 0.1) is 18.0 Å². The van der Waals surface area contributed by atoms with Crippen molar-refractivity contribution in [3.05, 3.63) is 94.5 Å². The van der Waals surface area contributed by atoms with Crippen molar-refractivity contribution in [1.29, 1.82) is 0 Å². The van der Waals surface area contributed by atoms with Gasteiger partial charge in [0.25, 0.3) is 0 Å². The quantitative estimate of drug-likeness (QED) is 0.468. The van der Waals surface area contributed by atoms with Crippen LogP contribution in [0.15, 0.2) is 77.7 Å². The van der Waals surface area contributed by atoms with Crippen LogP contribution < -0.4 is 14.8 Å². The van der Waals surface area contributed by atoms with Gasteiger partial charge in [0.2, 0.25) is 15.9 Å². The van der Waals surface area contributed by atoms with E-state index in [1.54, 1.807) is 25.1 Å². The van der Waals surface area contributed by atoms with E-state index in [1.807, 2.05) is 49.4 Å². The molecular formula is C25H27ClN2O4S. The van der Waals surface area contributed by atoms with Crippen molar-refractivity contribution in [1.82, 2.24) is 10.0 Å². The molecule has 0 aliphatic rings. The van der Waals surface area contributed by atoms with Gasteiger partial charge in [-0.15, -0.1) is 0 Å². The van der Waals surface area contributed by atoms with E-state index >= 15 is 0 Å². The Morgan fingerprint density at radius 3 is 2.30 bits per heavy atom. The Hall–Kier alpha value is -2.87. The zero-order chi connectivity index (χ0) is 24.0. The Kier molecular flexibility index (Phi) is 8.13. The normalized spacial score (nSPS) is 13.2. The molecule has 2 N–H and O–H groups in total. The largest absolute Gasteiger partial charge is 0.496 e. The SMILES string of the molecule is COc1ccc(S(=O)(=O)N[C@H](Cc2ccccc2)C(=O)N[C@H](C)c2ccc(Cl)cc2)cc1C. The number of carbonyl (C=O) groups excluding carboxylic acids is 1. The van der Waals surface area contributed by atoms with Crippen LogP contribution >= 0.6 is 11.6 Å². The van der Waals surface area contributed by atoms with E-state index in [9.17, 15) is 13.2 Å². The first-order valence-electron chi connectivity index (χ1n) is 10.5. The molecule has 0 aromatic heterocycles. The van der Waals surface area contributed by atoms with Crippen LogP contribution in [0.1, 0.15) is 29.7 Å². The summed E-state index contributed by atoms with van der Waals surface area (Å²) >= 11 is 5.95. The third kappa shape index (κ3) is 6.57. The molecule has 0 aliphatic heterocycles. The summed E-state index contributed by atoms with van der Waals surface area (Å²) in [5.74, 6) is 0.166. The highest BCUT2D eigenvalue weighted by Gasteiger charge is 2.27. The maximum absolute atomic E-state index is 13.2. The third-order valence-corrected chi connectivity index (χ3v) is 7.02.